The second kappa shape index (κ2) is 8.71. The van der Waals surface area contributed by atoms with Crippen molar-refractivity contribution in [3.8, 4) is 11.3 Å². The summed E-state index contributed by atoms with van der Waals surface area (Å²) in [6.07, 6.45) is -0.00361. The zero-order valence-corrected chi connectivity index (χ0v) is 19.0. The molecule has 1 aliphatic heterocycles. The Balaban J connectivity index is 1.61. The number of aliphatic hydroxyl groups is 1. The van der Waals surface area contributed by atoms with Gasteiger partial charge in [-0.05, 0) is 32.4 Å². The molecule has 0 bridgehead atoms. The number of alkyl halides is 3. The molecular formula is C23H25F3N6O2. The molecule has 0 aromatic carbocycles. The van der Waals surface area contributed by atoms with Gasteiger partial charge in [0, 0.05) is 50.1 Å². The van der Waals surface area contributed by atoms with Gasteiger partial charge in [-0.2, -0.15) is 18.3 Å². The summed E-state index contributed by atoms with van der Waals surface area (Å²) in [6.45, 7) is 4.40. The summed E-state index contributed by atoms with van der Waals surface area (Å²) >= 11 is 0. The van der Waals surface area contributed by atoms with Gasteiger partial charge in [-0.25, -0.2) is 9.97 Å². The lowest BCUT2D eigenvalue weighted by Gasteiger charge is -2.26. The SMILES string of the molecule is Cn1cc(-c2cccc(C(=O)Nc3cc(N4CC[C@@H](C(C)(C)O)C4)ncc3C(F)(F)F)n2)cn1. The summed E-state index contributed by atoms with van der Waals surface area (Å²) in [5.41, 5.74) is -1.25. The number of halogens is 3. The maximum Gasteiger partial charge on any atom is 0.419 e. The number of nitrogens with one attached hydrogen (secondary N) is 1. The van der Waals surface area contributed by atoms with Crippen LogP contribution in [0.15, 0.2) is 42.9 Å². The molecule has 0 unspecified atom stereocenters. The third-order valence-electron chi connectivity index (χ3n) is 5.94. The van der Waals surface area contributed by atoms with Crippen LogP contribution in [0.1, 0.15) is 36.3 Å². The van der Waals surface area contributed by atoms with Gasteiger partial charge in [-0.3, -0.25) is 9.48 Å². The number of rotatable bonds is 5. The Labute approximate surface area is 194 Å². The first kappa shape index (κ1) is 23.7. The van der Waals surface area contributed by atoms with Crippen LogP contribution in [0.3, 0.4) is 0 Å². The molecule has 8 nitrogen and oxygen atoms in total. The molecule has 1 saturated heterocycles. The number of pyridine rings is 2. The van der Waals surface area contributed by atoms with E-state index in [9.17, 15) is 23.1 Å². The van der Waals surface area contributed by atoms with Crippen LogP contribution in [0.2, 0.25) is 0 Å². The number of carbonyl (C=O) groups is 1. The number of carbonyl (C=O) groups excluding carboxylic acids is 1. The van der Waals surface area contributed by atoms with Crippen LogP contribution in [0.25, 0.3) is 11.3 Å². The van der Waals surface area contributed by atoms with E-state index in [0.29, 0.717) is 36.6 Å². The normalized spacial score (nSPS) is 16.7. The van der Waals surface area contributed by atoms with Gasteiger partial charge in [0.25, 0.3) is 5.91 Å². The lowest BCUT2D eigenvalue weighted by Crippen LogP contribution is -2.33. The van der Waals surface area contributed by atoms with E-state index in [2.05, 4.69) is 20.4 Å². The second-order valence-electron chi connectivity index (χ2n) is 8.94. The van der Waals surface area contributed by atoms with Gasteiger partial charge in [-0.1, -0.05) is 6.07 Å². The molecule has 0 aliphatic carbocycles. The molecule has 4 rings (SSSR count). The van der Waals surface area contributed by atoms with Crippen molar-refractivity contribution in [2.24, 2.45) is 13.0 Å². The fraction of sp³-hybridized carbons (Fsp3) is 0.391. The lowest BCUT2D eigenvalue weighted by atomic mass is 9.90. The number of aromatic nitrogens is 4. The molecular weight excluding hydrogens is 449 g/mol. The first-order valence-corrected chi connectivity index (χ1v) is 10.7. The van der Waals surface area contributed by atoms with Crippen molar-refractivity contribution in [1.82, 2.24) is 19.7 Å². The molecule has 1 aliphatic rings. The molecule has 3 aromatic heterocycles. The standard InChI is InChI=1S/C23H25F3N6O2/c1-22(2,34)15-7-8-32(13-15)20-9-19(16(11-27-20)23(24,25)26)30-21(33)18-6-4-5-17(29-18)14-10-28-31(3)12-14/h4-6,9-12,15,34H,7-8,13H2,1-3H3,(H,27,30,33)/t15-/m1/s1. The minimum Gasteiger partial charge on any atom is -0.390 e. The zero-order chi connectivity index (χ0) is 24.7. The van der Waals surface area contributed by atoms with Crippen LogP contribution < -0.4 is 10.2 Å². The Morgan fingerprint density at radius 1 is 1.24 bits per heavy atom. The van der Waals surface area contributed by atoms with E-state index in [1.54, 1.807) is 55.0 Å². The fourth-order valence-corrected chi connectivity index (χ4v) is 3.95. The molecule has 1 atom stereocenters. The van der Waals surface area contributed by atoms with Gasteiger partial charge in [0.1, 0.15) is 11.5 Å². The molecule has 34 heavy (non-hydrogen) atoms. The van der Waals surface area contributed by atoms with E-state index in [0.717, 1.165) is 6.20 Å². The number of aryl methyl sites for hydroxylation is 1. The Morgan fingerprint density at radius 2 is 2.00 bits per heavy atom. The predicted molar refractivity (Wildman–Crippen MR) is 120 cm³/mol. The summed E-state index contributed by atoms with van der Waals surface area (Å²) < 4.78 is 42.5. The summed E-state index contributed by atoms with van der Waals surface area (Å²) in [5.74, 6) is -0.523. The third kappa shape index (κ3) is 5.04. The van der Waals surface area contributed by atoms with Gasteiger partial charge in [0.15, 0.2) is 0 Å². The fourth-order valence-electron chi connectivity index (χ4n) is 3.95. The summed E-state index contributed by atoms with van der Waals surface area (Å²) in [6, 6.07) is 5.94. The van der Waals surface area contributed by atoms with E-state index in [1.807, 2.05) is 0 Å². The van der Waals surface area contributed by atoms with Crippen LogP contribution in [0.5, 0.6) is 0 Å². The van der Waals surface area contributed by atoms with Crippen molar-refractivity contribution >= 4 is 17.4 Å². The van der Waals surface area contributed by atoms with Crippen LogP contribution >= 0.6 is 0 Å². The minimum atomic E-state index is -4.71. The lowest BCUT2D eigenvalue weighted by molar-refractivity contribution is -0.137. The van der Waals surface area contributed by atoms with E-state index < -0.39 is 28.9 Å². The highest BCUT2D eigenvalue weighted by Crippen LogP contribution is 2.37. The Hall–Kier alpha value is -3.47. The molecule has 0 saturated carbocycles. The topological polar surface area (TPSA) is 96.2 Å². The van der Waals surface area contributed by atoms with Crippen LogP contribution in [-0.4, -0.2) is 49.5 Å². The van der Waals surface area contributed by atoms with Gasteiger partial charge < -0.3 is 15.3 Å². The number of anilines is 2. The highest BCUT2D eigenvalue weighted by Gasteiger charge is 2.37. The van der Waals surface area contributed by atoms with E-state index in [4.69, 9.17) is 0 Å². The number of hydrogen-bond acceptors (Lipinski definition) is 6. The highest BCUT2D eigenvalue weighted by atomic mass is 19.4. The average molecular weight is 474 g/mol. The first-order chi connectivity index (χ1) is 15.9. The monoisotopic (exact) mass is 474 g/mol. The maximum atomic E-state index is 13.7. The number of hydrogen-bond donors (Lipinski definition) is 2. The average Bonchev–Trinajstić information content (AvgIpc) is 3.42. The van der Waals surface area contributed by atoms with Crippen molar-refractivity contribution in [3.05, 3.63) is 54.1 Å². The Morgan fingerprint density at radius 3 is 2.62 bits per heavy atom. The maximum absolute atomic E-state index is 13.7. The van der Waals surface area contributed by atoms with Crippen LogP contribution in [-0.2, 0) is 13.2 Å². The van der Waals surface area contributed by atoms with E-state index >= 15 is 0 Å². The summed E-state index contributed by atoms with van der Waals surface area (Å²) in [7, 11) is 1.74. The molecule has 1 fully saturated rings. The smallest absolute Gasteiger partial charge is 0.390 e. The summed E-state index contributed by atoms with van der Waals surface area (Å²) in [4.78, 5) is 22.9. The van der Waals surface area contributed by atoms with Gasteiger partial charge >= 0.3 is 6.18 Å². The van der Waals surface area contributed by atoms with Gasteiger partial charge in [-0.15, -0.1) is 0 Å². The minimum absolute atomic E-state index is 0.0314. The van der Waals surface area contributed by atoms with Crippen molar-refractivity contribution in [2.75, 3.05) is 23.3 Å². The quantitative estimate of drug-likeness (QED) is 0.585. The van der Waals surface area contributed by atoms with Crippen molar-refractivity contribution in [1.29, 1.82) is 0 Å². The Kier molecular flexibility index (Phi) is 6.07. The van der Waals surface area contributed by atoms with Crippen LogP contribution in [0.4, 0.5) is 24.7 Å². The molecule has 180 valence electrons. The third-order valence-corrected chi connectivity index (χ3v) is 5.94. The molecule has 4 heterocycles. The second-order valence-corrected chi connectivity index (χ2v) is 8.94. The highest BCUT2D eigenvalue weighted by molar-refractivity contribution is 6.03. The number of amides is 1. The molecule has 3 aromatic rings. The van der Waals surface area contributed by atoms with Crippen molar-refractivity contribution < 1.29 is 23.1 Å². The Bertz CT molecular complexity index is 1200. The predicted octanol–water partition coefficient (Wildman–Crippen LogP) is 3.75. The van der Waals surface area contributed by atoms with E-state index in [1.165, 1.54) is 12.1 Å². The number of nitrogens with zero attached hydrogens (tertiary/aromatic N) is 5. The van der Waals surface area contributed by atoms with Gasteiger partial charge in [0.05, 0.1) is 28.7 Å². The van der Waals surface area contributed by atoms with Crippen molar-refractivity contribution in [2.45, 2.75) is 32.0 Å². The molecule has 11 heteroatoms. The zero-order valence-electron chi connectivity index (χ0n) is 19.0. The molecule has 1 amide bonds. The molecule has 0 spiro atoms. The molecule has 2 N–H and O–H groups in total. The van der Waals surface area contributed by atoms with Gasteiger partial charge in [0.2, 0.25) is 0 Å². The largest absolute Gasteiger partial charge is 0.419 e. The van der Waals surface area contributed by atoms with Crippen LogP contribution in [0, 0.1) is 5.92 Å². The summed E-state index contributed by atoms with van der Waals surface area (Å²) in [5, 5.41) is 16.7. The van der Waals surface area contributed by atoms with E-state index in [-0.39, 0.29) is 11.6 Å². The first-order valence-electron chi connectivity index (χ1n) is 10.7. The van der Waals surface area contributed by atoms with Crippen molar-refractivity contribution in [3.63, 3.8) is 0 Å². The molecule has 0 radical (unpaired) electrons.